The first-order valence-electron chi connectivity index (χ1n) is 6.67. The number of sulfonamides is 1. The van der Waals surface area contributed by atoms with Crippen LogP contribution < -0.4 is 4.72 Å². The monoisotopic (exact) mass is 323 g/mol. The van der Waals surface area contributed by atoms with Gasteiger partial charge in [-0.05, 0) is 43.2 Å². The molecule has 0 saturated heterocycles. The molecule has 0 fully saturated rings. The van der Waals surface area contributed by atoms with E-state index in [2.05, 4.69) is 4.72 Å². The van der Waals surface area contributed by atoms with Gasteiger partial charge in [0.25, 0.3) is 0 Å². The van der Waals surface area contributed by atoms with Gasteiger partial charge in [0, 0.05) is 5.56 Å². The Balaban J connectivity index is 2.34. The minimum atomic E-state index is -3.44. The van der Waals surface area contributed by atoms with E-state index in [-0.39, 0.29) is 5.69 Å². The normalized spacial score (nSPS) is 12.2. The summed E-state index contributed by atoms with van der Waals surface area (Å²) in [5.74, 6) is -0.523. The molecule has 2 N–H and O–H groups in total. The number of hydrogen-bond acceptors (Lipinski definition) is 3. The van der Waals surface area contributed by atoms with E-state index in [0.29, 0.717) is 11.1 Å². The van der Waals surface area contributed by atoms with Crippen molar-refractivity contribution in [2.45, 2.75) is 19.4 Å². The highest BCUT2D eigenvalue weighted by Gasteiger charge is 2.16. The van der Waals surface area contributed by atoms with Gasteiger partial charge < -0.3 is 5.11 Å². The fourth-order valence-corrected chi connectivity index (χ4v) is 2.64. The van der Waals surface area contributed by atoms with Gasteiger partial charge in [0.1, 0.15) is 5.82 Å². The minimum Gasteiger partial charge on any atom is -0.386 e. The van der Waals surface area contributed by atoms with Crippen LogP contribution in [0.15, 0.2) is 42.5 Å². The molecular formula is C16H18FNO3S. The summed E-state index contributed by atoms with van der Waals surface area (Å²) in [6, 6.07) is 11.1. The summed E-state index contributed by atoms with van der Waals surface area (Å²) in [5.41, 5.74) is 0.960. The summed E-state index contributed by atoms with van der Waals surface area (Å²) in [5, 5.41) is 9.91. The lowest BCUT2D eigenvalue weighted by Crippen LogP contribution is -2.14. The van der Waals surface area contributed by atoms with E-state index >= 15 is 0 Å². The first kappa shape index (κ1) is 16.5. The smallest absolute Gasteiger partial charge is 0.229 e. The minimum absolute atomic E-state index is 0.178. The van der Waals surface area contributed by atoms with E-state index in [1.807, 2.05) is 0 Å². The molecule has 2 aromatic carbocycles. The Morgan fingerprint density at radius 2 is 1.68 bits per heavy atom. The van der Waals surface area contributed by atoms with Gasteiger partial charge in [0.05, 0.1) is 17.5 Å². The summed E-state index contributed by atoms with van der Waals surface area (Å²) in [7, 11) is -3.44. The molecule has 2 aromatic rings. The number of rotatable bonds is 4. The van der Waals surface area contributed by atoms with Crippen molar-refractivity contribution in [3.8, 4) is 11.1 Å². The van der Waals surface area contributed by atoms with Crippen molar-refractivity contribution >= 4 is 15.7 Å². The van der Waals surface area contributed by atoms with E-state index in [0.717, 1.165) is 17.9 Å². The van der Waals surface area contributed by atoms with Crippen LogP contribution in [0.2, 0.25) is 0 Å². The topological polar surface area (TPSA) is 66.4 Å². The van der Waals surface area contributed by atoms with Gasteiger partial charge in [-0.2, -0.15) is 0 Å². The van der Waals surface area contributed by atoms with E-state index in [1.54, 1.807) is 38.1 Å². The zero-order valence-electron chi connectivity index (χ0n) is 12.6. The largest absolute Gasteiger partial charge is 0.386 e. The summed E-state index contributed by atoms with van der Waals surface area (Å²) < 4.78 is 38.7. The van der Waals surface area contributed by atoms with Crippen LogP contribution in [0.1, 0.15) is 19.4 Å². The quantitative estimate of drug-likeness (QED) is 0.908. The Morgan fingerprint density at radius 1 is 1.09 bits per heavy atom. The summed E-state index contributed by atoms with van der Waals surface area (Å²) in [6.07, 6.45) is 1.01. The molecule has 0 saturated carbocycles. The van der Waals surface area contributed by atoms with Crippen LogP contribution in [0.25, 0.3) is 11.1 Å². The Hall–Kier alpha value is -1.92. The van der Waals surface area contributed by atoms with Crippen LogP contribution >= 0.6 is 0 Å². The van der Waals surface area contributed by atoms with Crippen molar-refractivity contribution < 1.29 is 17.9 Å². The predicted octanol–water partition coefficient (Wildman–Crippen LogP) is 3.09. The maximum Gasteiger partial charge on any atom is 0.229 e. The van der Waals surface area contributed by atoms with Crippen molar-refractivity contribution in [3.05, 3.63) is 53.8 Å². The molecule has 0 atom stereocenters. The fraction of sp³-hybridized carbons (Fsp3) is 0.250. The van der Waals surface area contributed by atoms with Crippen LogP contribution in [-0.2, 0) is 15.6 Å². The highest BCUT2D eigenvalue weighted by Crippen LogP contribution is 2.28. The Morgan fingerprint density at radius 3 is 2.14 bits per heavy atom. The van der Waals surface area contributed by atoms with Crippen molar-refractivity contribution in [2.75, 3.05) is 11.0 Å². The number of anilines is 1. The molecule has 0 spiro atoms. The van der Waals surface area contributed by atoms with Crippen LogP contribution in [0.5, 0.6) is 0 Å². The lowest BCUT2D eigenvalue weighted by Gasteiger charge is -2.18. The third-order valence-electron chi connectivity index (χ3n) is 3.17. The molecule has 0 radical (unpaired) electrons. The summed E-state index contributed by atoms with van der Waals surface area (Å²) >= 11 is 0. The van der Waals surface area contributed by atoms with E-state index < -0.39 is 21.4 Å². The molecule has 0 aliphatic carbocycles. The molecule has 0 amide bonds. The molecule has 2 rings (SSSR count). The Kier molecular flexibility index (Phi) is 4.26. The highest BCUT2D eigenvalue weighted by molar-refractivity contribution is 7.92. The molecule has 4 nitrogen and oxygen atoms in total. The molecular weight excluding hydrogens is 305 g/mol. The number of hydrogen-bond donors (Lipinski definition) is 2. The molecule has 0 aliphatic rings. The van der Waals surface area contributed by atoms with Gasteiger partial charge in [-0.15, -0.1) is 0 Å². The first-order chi connectivity index (χ1) is 10.1. The van der Waals surface area contributed by atoms with Crippen LogP contribution in [0, 0.1) is 5.82 Å². The Labute approximate surface area is 129 Å². The number of halogens is 1. The van der Waals surface area contributed by atoms with E-state index in [1.165, 1.54) is 12.1 Å². The lowest BCUT2D eigenvalue weighted by molar-refractivity contribution is 0.0786. The zero-order chi connectivity index (χ0) is 16.5. The molecule has 0 aliphatic heterocycles. The summed E-state index contributed by atoms with van der Waals surface area (Å²) in [6.45, 7) is 3.35. The zero-order valence-corrected chi connectivity index (χ0v) is 13.4. The molecule has 0 heterocycles. The average Bonchev–Trinajstić information content (AvgIpc) is 2.36. The lowest BCUT2D eigenvalue weighted by atomic mass is 9.95. The SMILES string of the molecule is CC(C)(O)c1ccc(-c2ccc(NS(C)(=O)=O)cc2F)cc1. The fourth-order valence-electron chi connectivity index (χ4n) is 2.08. The van der Waals surface area contributed by atoms with E-state index in [4.69, 9.17) is 0 Å². The second-order valence-electron chi connectivity index (χ2n) is 5.71. The molecule has 0 aromatic heterocycles. The van der Waals surface area contributed by atoms with Crippen molar-refractivity contribution in [1.29, 1.82) is 0 Å². The van der Waals surface area contributed by atoms with Gasteiger partial charge in [-0.25, -0.2) is 12.8 Å². The van der Waals surface area contributed by atoms with Crippen LogP contribution in [0.4, 0.5) is 10.1 Å². The van der Waals surface area contributed by atoms with Gasteiger partial charge in [-0.1, -0.05) is 24.3 Å². The van der Waals surface area contributed by atoms with Gasteiger partial charge in [-0.3, -0.25) is 4.72 Å². The van der Waals surface area contributed by atoms with Crippen LogP contribution in [0.3, 0.4) is 0 Å². The van der Waals surface area contributed by atoms with Gasteiger partial charge in [0.15, 0.2) is 0 Å². The van der Waals surface area contributed by atoms with Gasteiger partial charge in [0.2, 0.25) is 10.0 Å². The highest BCUT2D eigenvalue weighted by atomic mass is 32.2. The number of nitrogens with one attached hydrogen (secondary N) is 1. The van der Waals surface area contributed by atoms with Crippen molar-refractivity contribution in [2.24, 2.45) is 0 Å². The third kappa shape index (κ3) is 4.05. The van der Waals surface area contributed by atoms with Crippen LogP contribution in [-0.4, -0.2) is 19.8 Å². The van der Waals surface area contributed by atoms with E-state index in [9.17, 15) is 17.9 Å². The molecule has 118 valence electrons. The summed E-state index contributed by atoms with van der Waals surface area (Å²) in [4.78, 5) is 0. The first-order valence-corrected chi connectivity index (χ1v) is 8.56. The van der Waals surface area contributed by atoms with Crippen molar-refractivity contribution in [1.82, 2.24) is 0 Å². The maximum absolute atomic E-state index is 14.2. The second-order valence-corrected chi connectivity index (χ2v) is 7.45. The number of aliphatic hydroxyl groups is 1. The third-order valence-corrected chi connectivity index (χ3v) is 3.78. The molecule has 0 bridgehead atoms. The predicted molar refractivity (Wildman–Crippen MR) is 85.5 cm³/mol. The molecule has 6 heteroatoms. The maximum atomic E-state index is 14.2. The van der Waals surface area contributed by atoms with Gasteiger partial charge >= 0.3 is 0 Å². The van der Waals surface area contributed by atoms with Crippen molar-refractivity contribution in [3.63, 3.8) is 0 Å². The average molecular weight is 323 g/mol. The standard InChI is InChI=1S/C16H18FNO3S/c1-16(2,19)12-6-4-11(5-7-12)14-9-8-13(10-15(14)17)18-22(3,20)21/h4-10,18-19H,1-3H3. The number of benzene rings is 2. The Bertz CT molecular complexity index is 778. The molecule has 22 heavy (non-hydrogen) atoms. The second kappa shape index (κ2) is 5.70. The molecule has 0 unspecified atom stereocenters.